The summed E-state index contributed by atoms with van der Waals surface area (Å²) in [7, 11) is 0. The second kappa shape index (κ2) is 10.2. The number of halogens is 3. The van der Waals surface area contributed by atoms with Crippen LogP contribution in [0.2, 0.25) is 0 Å². The minimum atomic E-state index is -2.90. The number of aryl methyl sites for hydroxylation is 1. The van der Waals surface area contributed by atoms with Gasteiger partial charge in [0.1, 0.15) is 23.3 Å². The molecule has 2 aromatic rings. The summed E-state index contributed by atoms with van der Waals surface area (Å²) in [4.78, 5) is 19.8. The first-order valence-corrected chi connectivity index (χ1v) is 9.74. The van der Waals surface area contributed by atoms with Gasteiger partial charge in [0.2, 0.25) is 6.41 Å². The van der Waals surface area contributed by atoms with E-state index in [1.165, 1.54) is 12.1 Å². The summed E-state index contributed by atoms with van der Waals surface area (Å²) in [6.07, 6.45) is 2.17. The van der Waals surface area contributed by atoms with Crippen molar-refractivity contribution in [2.45, 2.75) is 33.2 Å². The first-order chi connectivity index (χ1) is 14.9. The fourth-order valence-corrected chi connectivity index (χ4v) is 3.30. The van der Waals surface area contributed by atoms with Crippen LogP contribution in [-0.2, 0) is 16.1 Å². The van der Waals surface area contributed by atoms with Crippen LogP contribution in [0.25, 0.3) is 6.08 Å². The highest BCUT2D eigenvalue weighted by Gasteiger charge is 2.18. The average molecular weight is 432 g/mol. The molecule has 3 rings (SSSR count). The summed E-state index contributed by atoms with van der Waals surface area (Å²) in [6.45, 7) is 4.65. The van der Waals surface area contributed by atoms with E-state index in [-0.39, 0.29) is 12.1 Å². The van der Waals surface area contributed by atoms with E-state index in [2.05, 4.69) is 20.6 Å². The molecule has 31 heavy (non-hydrogen) atoms. The molecular formula is C22H23F3N4O2. The number of nitrogens with one attached hydrogen (secondary N) is 2. The molecule has 1 aromatic carbocycles. The molecule has 0 fully saturated rings. The molecule has 1 aliphatic rings. The number of aromatic nitrogens is 2. The molecule has 1 amide bonds. The van der Waals surface area contributed by atoms with E-state index in [0.29, 0.717) is 42.6 Å². The molecule has 0 atom stereocenters. The van der Waals surface area contributed by atoms with Gasteiger partial charge in [-0.15, -0.1) is 0 Å². The summed E-state index contributed by atoms with van der Waals surface area (Å²) >= 11 is 0. The quantitative estimate of drug-likeness (QED) is 0.587. The van der Waals surface area contributed by atoms with E-state index >= 15 is 0 Å². The Bertz CT molecular complexity index is 1020. The van der Waals surface area contributed by atoms with Gasteiger partial charge < -0.3 is 15.4 Å². The maximum absolute atomic E-state index is 14.4. The number of hydrogen-bond donors (Lipinski definition) is 2. The third-order valence-corrected chi connectivity index (χ3v) is 4.87. The van der Waals surface area contributed by atoms with Crippen molar-refractivity contribution in [1.29, 1.82) is 0 Å². The van der Waals surface area contributed by atoms with E-state index < -0.39 is 17.8 Å². The van der Waals surface area contributed by atoms with Crippen LogP contribution in [0.15, 0.2) is 35.4 Å². The van der Waals surface area contributed by atoms with E-state index in [1.807, 2.05) is 19.1 Å². The third-order valence-electron chi connectivity index (χ3n) is 4.87. The lowest BCUT2D eigenvalue weighted by Crippen LogP contribution is -2.11. The fraction of sp³-hybridized carbons (Fsp3) is 0.318. The zero-order chi connectivity index (χ0) is 22.4. The van der Waals surface area contributed by atoms with Crippen molar-refractivity contribution in [3.8, 4) is 0 Å². The van der Waals surface area contributed by atoms with E-state index in [9.17, 15) is 18.0 Å². The van der Waals surface area contributed by atoms with Crippen LogP contribution in [0.3, 0.4) is 0 Å². The topological polar surface area (TPSA) is 76.1 Å². The van der Waals surface area contributed by atoms with Gasteiger partial charge in [0.05, 0.1) is 24.3 Å². The van der Waals surface area contributed by atoms with E-state index in [4.69, 9.17) is 4.74 Å². The number of benzene rings is 1. The maximum Gasteiger partial charge on any atom is 0.266 e. The molecule has 0 aliphatic carbocycles. The van der Waals surface area contributed by atoms with Crippen LogP contribution < -0.4 is 10.6 Å². The van der Waals surface area contributed by atoms with Gasteiger partial charge in [0.25, 0.3) is 6.43 Å². The molecule has 6 nitrogen and oxygen atoms in total. The fourth-order valence-electron chi connectivity index (χ4n) is 3.30. The van der Waals surface area contributed by atoms with Crippen LogP contribution >= 0.6 is 0 Å². The molecular weight excluding hydrogens is 409 g/mol. The summed E-state index contributed by atoms with van der Waals surface area (Å²) in [5.74, 6) is 0.0703. The molecule has 164 valence electrons. The van der Waals surface area contributed by atoms with Crippen molar-refractivity contribution in [3.63, 3.8) is 0 Å². The molecule has 0 unspecified atom stereocenters. The van der Waals surface area contributed by atoms with Gasteiger partial charge in [-0.3, -0.25) is 4.79 Å². The first kappa shape index (κ1) is 22.5. The lowest BCUT2D eigenvalue weighted by molar-refractivity contribution is -0.105. The van der Waals surface area contributed by atoms with Gasteiger partial charge in [0.15, 0.2) is 0 Å². The highest BCUT2D eigenvalue weighted by molar-refractivity contribution is 5.82. The van der Waals surface area contributed by atoms with Crippen molar-refractivity contribution in [3.05, 3.63) is 63.8 Å². The zero-order valence-corrected chi connectivity index (χ0v) is 17.2. The Morgan fingerprint density at radius 1 is 1.29 bits per heavy atom. The summed E-state index contributed by atoms with van der Waals surface area (Å²) in [5, 5.41) is 5.57. The van der Waals surface area contributed by atoms with Crippen LogP contribution in [0.1, 0.15) is 42.3 Å². The highest BCUT2D eigenvalue weighted by Crippen LogP contribution is 2.29. The molecule has 0 bridgehead atoms. The van der Waals surface area contributed by atoms with Crippen molar-refractivity contribution in [2.24, 2.45) is 0 Å². The van der Waals surface area contributed by atoms with Crippen molar-refractivity contribution in [1.82, 2.24) is 9.97 Å². The van der Waals surface area contributed by atoms with Gasteiger partial charge >= 0.3 is 0 Å². The number of allylic oxidation sites excluding steroid dienone is 1. The minimum absolute atomic E-state index is 0.0696. The van der Waals surface area contributed by atoms with E-state index in [0.717, 1.165) is 23.6 Å². The SMILES string of the molecule is C/C(=C\c1c(NC=O)nc(C)nc1NCc1cccc(C(F)F)c1F)C1=CCOCC1. The lowest BCUT2D eigenvalue weighted by Gasteiger charge is -2.17. The lowest BCUT2D eigenvalue weighted by atomic mass is 10.0. The second-order valence-corrected chi connectivity index (χ2v) is 7.00. The van der Waals surface area contributed by atoms with Crippen molar-refractivity contribution >= 4 is 24.1 Å². The van der Waals surface area contributed by atoms with Crippen molar-refractivity contribution in [2.75, 3.05) is 23.8 Å². The predicted octanol–water partition coefficient (Wildman–Crippen LogP) is 4.79. The Morgan fingerprint density at radius 2 is 2.06 bits per heavy atom. The standard InChI is InChI=1S/C22H23F3N4O2/c1-13(15-6-8-31-9-7-15)10-18-21(28-14(2)29-22(18)27-12-30)26-11-16-4-3-5-17(19(16)23)20(24)25/h3-6,10,12,20H,7-9,11H2,1-2H3,(H2,26,27,28,29,30)/b13-10+. The molecule has 0 spiro atoms. The Kier molecular flexibility index (Phi) is 7.41. The van der Waals surface area contributed by atoms with Crippen LogP contribution in [0, 0.1) is 12.7 Å². The molecule has 2 N–H and O–H groups in total. The average Bonchev–Trinajstić information content (AvgIpc) is 2.75. The maximum atomic E-state index is 14.4. The molecule has 1 aromatic heterocycles. The summed E-state index contributed by atoms with van der Waals surface area (Å²) < 4.78 is 45.8. The second-order valence-electron chi connectivity index (χ2n) is 7.00. The molecule has 1 aliphatic heterocycles. The van der Waals surface area contributed by atoms with Gasteiger partial charge in [0, 0.05) is 12.1 Å². The Hall–Kier alpha value is -3.20. The van der Waals surface area contributed by atoms with Crippen LogP contribution in [0.4, 0.5) is 24.8 Å². The van der Waals surface area contributed by atoms with Gasteiger partial charge in [-0.1, -0.05) is 24.3 Å². The Morgan fingerprint density at radius 3 is 2.74 bits per heavy atom. The zero-order valence-electron chi connectivity index (χ0n) is 17.2. The number of alkyl halides is 2. The molecule has 9 heteroatoms. The largest absolute Gasteiger partial charge is 0.377 e. The Labute approximate surface area is 178 Å². The first-order valence-electron chi connectivity index (χ1n) is 9.74. The molecule has 0 saturated carbocycles. The van der Waals surface area contributed by atoms with Gasteiger partial charge in [-0.2, -0.15) is 0 Å². The monoisotopic (exact) mass is 432 g/mol. The van der Waals surface area contributed by atoms with Crippen molar-refractivity contribution < 1.29 is 22.7 Å². The number of ether oxygens (including phenoxy) is 1. The number of nitrogens with zero attached hydrogens (tertiary/aromatic N) is 2. The molecule has 2 heterocycles. The highest BCUT2D eigenvalue weighted by atomic mass is 19.3. The minimum Gasteiger partial charge on any atom is -0.377 e. The summed E-state index contributed by atoms with van der Waals surface area (Å²) in [6, 6.07) is 3.87. The number of hydrogen-bond acceptors (Lipinski definition) is 5. The Balaban J connectivity index is 1.97. The predicted molar refractivity (Wildman–Crippen MR) is 112 cm³/mol. The number of rotatable bonds is 8. The molecule has 0 radical (unpaired) electrons. The van der Waals surface area contributed by atoms with Crippen LogP contribution in [0.5, 0.6) is 0 Å². The number of amides is 1. The van der Waals surface area contributed by atoms with Gasteiger partial charge in [-0.25, -0.2) is 23.1 Å². The number of carbonyl (C=O) groups excluding carboxylic acids is 1. The summed E-state index contributed by atoms with van der Waals surface area (Å²) in [5.41, 5.74) is 1.98. The number of anilines is 2. The number of carbonyl (C=O) groups is 1. The smallest absolute Gasteiger partial charge is 0.266 e. The molecule has 0 saturated heterocycles. The van der Waals surface area contributed by atoms with E-state index in [1.54, 1.807) is 6.92 Å². The van der Waals surface area contributed by atoms with Crippen LogP contribution in [-0.4, -0.2) is 29.6 Å². The third kappa shape index (κ3) is 5.49. The normalized spacial score (nSPS) is 14.4. The van der Waals surface area contributed by atoms with Gasteiger partial charge in [-0.05, 0) is 37.5 Å².